The predicted molar refractivity (Wildman–Crippen MR) is 152 cm³/mol. The molecule has 0 radical (unpaired) electrons. The van der Waals surface area contributed by atoms with Crippen LogP contribution in [-0.2, 0) is 16.5 Å². The number of nitrogens with one attached hydrogen (secondary N) is 1. The van der Waals surface area contributed by atoms with Crippen LogP contribution in [0.4, 0.5) is 0 Å². The Kier molecular flexibility index (Phi) is 6.26. The van der Waals surface area contributed by atoms with E-state index in [1.165, 1.54) is 0 Å². The average molecular weight is 530 g/mol. The maximum Gasteiger partial charge on any atom is 0.127 e. The van der Waals surface area contributed by atoms with E-state index in [0.717, 1.165) is 49.8 Å². The van der Waals surface area contributed by atoms with Gasteiger partial charge in [-0.3, -0.25) is 10.1 Å². The van der Waals surface area contributed by atoms with Crippen molar-refractivity contribution >= 4 is 46.0 Å². The Morgan fingerprint density at radius 2 is 1.92 bits per heavy atom. The van der Waals surface area contributed by atoms with Gasteiger partial charge >= 0.3 is 0 Å². The summed E-state index contributed by atoms with van der Waals surface area (Å²) in [6, 6.07) is 16.6. The third-order valence-electron chi connectivity index (χ3n) is 6.92. The Bertz CT molecular complexity index is 1750. The highest BCUT2D eigenvalue weighted by molar-refractivity contribution is 7.70. The van der Waals surface area contributed by atoms with Crippen LogP contribution in [0, 0.1) is 18.3 Å². The maximum absolute atomic E-state index is 12.8. The summed E-state index contributed by atoms with van der Waals surface area (Å²) in [5, 5.41) is 19.9. The fourth-order valence-electron chi connectivity index (χ4n) is 5.29. The third-order valence-corrected chi connectivity index (χ3v) is 8.78. The normalized spacial score (nSPS) is 12.4. The summed E-state index contributed by atoms with van der Waals surface area (Å²) in [4.78, 5) is 4.68. The van der Waals surface area contributed by atoms with E-state index in [-0.39, 0.29) is 0 Å². The number of aryl methyl sites for hydroxylation is 1. The van der Waals surface area contributed by atoms with Crippen LogP contribution in [0.15, 0.2) is 54.9 Å². The van der Waals surface area contributed by atoms with E-state index in [1.54, 1.807) is 13.3 Å². The highest BCUT2D eigenvalue weighted by atomic mass is 35.5. The largest absolute Gasteiger partial charge is 0.339 e. The van der Waals surface area contributed by atoms with E-state index >= 15 is 0 Å². The molecule has 0 fully saturated rings. The highest BCUT2D eigenvalue weighted by Gasteiger charge is 2.32. The SMILES string of the molecule is Cc1cc(-c2c(C(C)(C)CC#N)n(Cc3ccccc3Cl)c3cc4cn[nH]c4cc23)cnc1P(C)(C)=O. The van der Waals surface area contributed by atoms with Gasteiger partial charge in [-0.15, -0.1) is 0 Å². The molecule has 8 heteroatoms. The topological polar surface area (TPSA) is 87.4 Å². The first-order chi connectivity index (χ1) is 17.5. The van der Waals surface area contributed by atoms with Crippen LogP contribution in [0.2, 0.25) is 5.02 Å². The van der Waals surface area contributed by atoms with E-state index in [0.29, 0.717) is 23.4 Å². The number of aromatic amines is 1. The first-order valence-corrected chi connectivity index (χ1v) is 15.1. The monoisotopic (exact) mass is 529 g/mol. The minimum Gasteiger partial charge on any atom is -0.339 e. The number of nitrogens with zero attached hydrogens (tertiary/aromatic N) is 4. The quantitative estimate of drug-likeness (QED) is 0.239. The molecule has 5 rings (SSSR count). The number of halogens is 1. The number of hydrogen-bond acceptors (Lipinski definition) is 4. The molecule has 2 aromatic carbocycles. The lowest BCUT2D eigenvalue weighted by Crippen LogP contribution is -2.23. The number of aromatic nitrogens is 4. The van der Waals surface area contributed by atoms with E-state index < -0.39 is 12.6 Å². The molecule has 0 aliphatic rings. The summed E-state index contributed by atoms with van der Waals surface area (Å²) in [6.45, 7) is 10.2. The zero-order chi connectivity index (χ0) is 26.5. The summed E-state index contributed by atoms with van der Waals surface area (Å²) in [5.74, 6) is 0. The van der Waals surface area contributed by atoms with Crippen molar-refractivity contribution in [3.63, 3.8) is 0 Å². The van der Waals surface area contributed by atoms with E-state index in [2.05, 4.69) is 57.9 Å². The molecular weight excluding hydrogens is 501 g/mol. The number of nitriles is 1. The Balaban J connectivity index is 1.90. The number of hydrogen-bond donors (Lipinski definition) is 1. The molecule has 0 saturated carbocycles. The Morgan fingerprint density at radius 3 is 2.59 bits per heavy atom. The van der Waals surface area contributed by atoms with Crippen LogP contribution in [0.3, 0.4) is 0 Å². The second kappa shape index (κ2) is 9.17. The van der Waals surface area contributed by atoms with E-state index in [9.17, 15) is 9.83 Å². The molecule has 5 aromatic rings. The second-order valence-electron chi connectivity index (χ2n) is 10.7. The molecular formula is C29H29ClN5OP. The lowest BCUT2D eigenvalue weighted by Gasteiger charge is -2.27. The zero-order valence-corrected chi connectivity index (χ0v) is 23.3. The number of fused-ring (bicyclic) bond motifs is 2. The van der Waals surface area contributed by atoms with Crippen LogP contribution < -0.4 is 5.44 Å². The molecule has 0 aliphatic carbocycles. The Morgan fingerprint density at radius 1 is 1.16 bits per heavy atom. The Hall–Kier alpha value is -3.39. The van der Waals surface area contributed by atoms with E-state index in [1.807, 2.05) is 43.6 Å². The number of benzene rings is 2. The molecule has 0 saturated heterocycles. The number of rotatable bonds is 6. The van der Waals surface area contributed by atoms with Crippen molar-refractivity contribution in [3.8, 4) is 17.2 Å². The van der Waals surface area contributed by atoms with Crippen molar-refractivity contribution in [2.75, 3.05) is 13.3 Å². The molecule has 37 heavy (non-hydrogen) atoms. The fraction of sp³-hybridized carbons (Fsp3) is 0.276. The van der Waals surface area contributed by atoms with Crippen molar-refractivity contribution in [3.05, 3.63) is 76.7 Å². The number of pyridine rings is 1. The molecule has 1 N–H and O–H groups in total. The standard InChI is InChI=1S/C29H29ClN5OP/c1-18-12-21(15-32-28(18)37(4,5)36)26-22-14-24-20(16-33-34-24)13-25(22)35(27(26)29(2,3)10-11-31)17-19-8-6-7-9-23(19)30/h6-9,12-16H,10,17H2,1-5H3,(H,33,34). The number of H-pyrrole nitrogens is 1. The van der Waals surface area contributed by atoms with Crippen molar-refractivity contribution in [2.45, 2.75) is 39.2 Å². The fourth-order valence-corrected chi connectivity index (χ4v) is 6.74. The molecule has 0 bridgehead atoms. The van der Waals surface area contributed by atoms with Gasteiger partial charge < -0.3 is 9.13 Å². The van der Waals surface area contributed by atoms with Gasteiger partial charge in [0.1, 0.15) is 12.6 Å². The van der Waals surface area contributed by atoms with Crippen LogP contribution in [-0.4, -0.2) is 33.1 Å². The summed E-state index contributed by atoms with van der Waals surface area (Å²) in [6.07, 6.45) is 3.98. The van der Waals surface area contributed by atoms with E-state index in [4.69, 9.17) is 11.6 Å². The zero-order valence-electron chi connectivity index (χ0n) is 21.6. The lowest BCUT2D eigenvalue weighted by atomic mass is 9.82. The molecule has 6 nitrogen and oxygen atoms in total. The molecule has 188 valence electrons. The smallest absolute Gasteiger partial charge is 0.127 e. The second-order valence-corrected chi connectivity index (χ2v) is 14.2. The van der Waals surface area contributed by atoms with Crippen molar-refractivity contribution in [2.24, 2.45) is 0 Å². The lowest BCUT2D eigenvalue weighted by molar-refractivity contribution is 0.498. The van der Waals surface area contributed by atoms with Crippen molar-refractivity contribution in [1.82, 2.24) is 19.7 Å². The van der Waals surface area contributed by atoms with Gasteiger partial charge in [0.25, 0.3) is 0 Å². The van der Waals surface area contributed by atoms with Gasteiger partial charge in [0.05, 0.1) is 23.3 Å². The van der Waals surface area contributed by atoms with Gasteiger partial charge in [-0.1, -0.05) is 43.6 Å². The predicted octanol–water partition coefficient (Wildman–Crippen LogP) is 7.03. The van der Waals surface area contributed by atoms with Gasteiger partial charge in [0.15, 0.2) is 0 Å². The maximum atomic E-state index is 12.8. The summed E-state index contributed by atoms with van der Waals surface area (Å²) in [7, 11) is -2.53. The minimum absolute atomic E-state index is 0.335. The van der Waals surface area contributed by atoms with Gasteiger partial charge in [-0.05, 0) is 55.6 Å². The van der Waals surface area contributed by atoms with Crippen molar-refractivity contribution in [1.29, 1.82) is 5.26 Å². The van der Waals surface area contributed by atoms with Crippen LogP contribution in [0.5, 0.6) is 0 Å². The Labute approximate surface area is 221 Å². The first-order valence-electron chi connectivity index (χ1n) is 12.1. The summed E-state index contributed by atoms with van der Waals surface area (Å²) < 4.78 is 15.1. The molecule has 0 aliphatic heterocycles. The summed E-state index contributed by atoms with van der Waals surface area (Å²) in [5.41, 5.74) is 7.00. The molecule has 0 atom stereocenters. The van der Waals surface area contributed by atoms with Gasteiger partial charge in [0, 0.05) is 57.2 Å². The third kappa shape index (κ3) is 4.48. The van der Waals surface area contributed by atoms with Crippen LogP contribution >= 0.6 is 18.7 Å². The van der Waals surface area contributed by atoms with Gasteiger partial charge in [0.2, 0.25) is 0 Å². The van der Waals surface area contributed by atoms with Crippen molar-refractivity contribution < 1.29 is 4.57 Å². The minimum atomic E-state index is -2.53. The summed E-state index contributed by atoms with van der Waals surface area (Å²) >= 11 is 6.62. The van der Waals surface area contributed by atoms with Gasteiger partial charge in [-0.25, -0.2) is 0 Å². The average Bonchev–Trinajstić information content (AvgIpc) is 3.40. The molecule has 0 amide bonds. The molecule has 3 heterocycles. The molecule has 0 spiro atoms. The van der Waals surface area contributed by atoms with Crippen LogP contribution in [0.25, 0.3) is 32.9 Å². The van der Waals surface area contributed by atoms with Gasteiger partial charge in [-0.2, -0.15) is 10.4 Å². The molecule has 0 unspecified atom stereocenters. The first kappa shape index (κ1) is 25.3. The molecule has 3 aromatic heterocycles. The highest BCUT2D eigenvalue weighted by Crippen LogP contribution is 2.45. The van der Waals surface area contributed by atoms with Crippen LogP contribution in [0.1, 0.15) is 37.1 Å².